The number of nitrogens with one attached hydrogen (secondary N) is 1. The minimum absolute atomic E-state index is 0.0906. The van der Waals surface area contributed by atoms with Gasteiger partial charge in [0.05, 0.1) is 6.42 Å². The Kier molecular flexibility index (Phi) is 5.53. The molecule has 102 valence electrons. The molecule has 20 heavy (non-hydrogen) atoms. The number of aryl methyl sites for hydroxylation is 1. The molecule has 1 N–H and O–H groups in total. The topological polar surface area (TPSA) is 41.5 Å². The Labute approximate surface area is 119 Å². The molecule has 0 saturated carbocycles. The maximum atomic E-state index is 11.6. The SMILES string of the molecule is O=C(Cc1ccccc1)NN=CCCc1ccccc1. The van der Waals surface area contributed by atoms with Crippen molar-refractivity contribution in [3.63, 3.8) is 0 Å². The molecule has 0 bridgehead atoms. The molecule has 2 aromatic rings. The van der Waals surface area contributed by atoms with Crippen LogP contribution in [0, 0.1) is 0 Å². The van der Waals surface area contributed by atoms with Crippen LogP contribution < -0.4 is 5.43 Å². The Morgan fingerprint density at radius 3 is 2.20 bits per heavy atom. The maximum Gasteiger partial charge on any atom is 0.244 e. The van der Waals surface area contributed by atoms with E-state index in [-0.39, 0.29) is 5.91 Å². The van der Waals surface area contributed by atoms with Gasteiger partial charge in [0.25, 0.3) is 0 Å². The summed E-state index contributed by atoms with van der Waals surface area (Å²) in [7, 11) is 0. The number of benzene rings is 2. The zero-order valence-corrected chi connectivity index (χ0v) is 11.3. The van der Waals surface area contributed by atoms with Crippen molar-refractivity contribution in [3.05, 3.63) is 71.8 Å². The fourth-order valence-electron chi connectivity index (χ4n) is 1.88. The lowest BCUT2D eigenvalue weighted by molar-refractivity contribution is -0.120. The predicted octanol–water partition coefficient (Wildman–Crippen LogP) is 2.96. The minimum Gasteiger partial charge on any atom is -0.273 e. The summed E-state index contributed by atoms with van der Waals surface area (Å²) in [5.74, 6) is -0.0906. The molecule has 1 amide bonds. The van der Waals surface area contributed by atoms with Gasteiger partial charge in [0, 0.05) is 6.21 Å². The average Bonchev–Trinajstić information content (AvgIpc) is 2.49. The summed E-state index contributed by atoms with van der Waals surface area (Å²) in [6.07, 6.45) is 3.85. The summed E-state index contributed by atoms with van der Waals surface area (Å²) in [6.45, 7) is 0. The van der Waals surface area contributed by atoms with E-state index >= 15 is 0 Å². The van der Waals surface area contributed by atoms with Crippen molar-refractivity contribution in [1.82, 2.24) is 5.43 Å². The average molecular weight is 266 g/mol. The van der Waals surface area contributed by atoms with Crippen LogP contribution >= 0.6 is 0 Å². The van der Waals surface area contributed by atoms with Crippen LogP contribution in [0.5, 0.6) is 0 Å². The fourth-order valence-corrected chi connectivity index (χ4v) is 1.88. The second kappa shape index (κ2) is 7.89. The first-order valence-electron chi connectivity index (χ1n) is 6.73. The molecule has 0 saturated heterocycles. The largest absolute Gasteiger partial charge is 0.273 e. The first-order chi connectivity index (χ1) is 9.84. The zero-order chi connectivity index (χ0) is 14.0. The van der Waals surface area contributed by atoms with Crippen LogP contribution in [0.3, 0.4) is 0 Å². The van der Waals surface area contributed by atoms with Gasteiger partial charge in [-0.15, -0.1) is 0 Å². The number of carbonyl (C=O) groups excluding carboxylic acids is 1. The highest BCUT2D eigenvalue weighted by Gasteiger charge is 2.00. The van der Waals surface area contributed by atoms with Crippen LogP contribution in [0.25, 0.3) is 0 Å². The molecule has 0 heterocycles. The summed E-state index contributed by atoms with van der Waals surface area (Å²) in [5, 5.41) is 3.96. The number of nitrogens with zero attached hydrogens (tertiary/aromatic N) is 1. The van der Waals surface area contributed by atoms with E-state index in [1.807, 2.05) is 48.5 Å². The number of amides is 1. The first kappa shape index (κ1) is 14.0. The molecule has 0 aliphatic heterocycles. The van der Waals surface area contributed by atoms with E-state index < -0.39 is 0 Å². The van der Waals surface area contributed by atoms with Crippen LogP contribution in [-0.4, -0.2) is 12.1 Å². The molecule has 0 spiro atoms. The summed E-state index contributed by atoms with van der Waals surface area (Å²) in [5.41, 5.74) is 4.81. The summed E-state index contributed by atoms with van der Waals surface area (Å²) < 4.78 is 0. The van der Waals surface area contributed by atoms with Crippen LogP contribution in [0.1, 0.15) is 17.5 Å². The smallest absolute Gasteiger partial charge is 0.244 e. The fraction of sp³-hybridized carbons (Fsp3) is 0.176. The van der Waals surface area contributed by atoms with E-state index in [1.165, 1.54) is 5.56 Å². The summed E-state index contributed by atoms with van der Waals surface area (Å²) in [6, 6.07) is 19.9. The lowest BCUT2D eigenvalue weighted by Gasteiger charge is -2.00. The monoisotopic (exact) mass is 266 g/mol. The van der Waals surface area contributed by atoms with Gasteiger partial charge >= 0.3 is 0 Å². The molecular weight excluding hydrogens is 248 g/mol. The van der Waals surface area contributed by atoms with E-state index in [0.29, 0.717) is 6.42 Å². The van der Waals surface area contributed by atoms with Crippen LogP contribution in [0.4, 0.5) is 0 Å². The van der Waals surface area contributed by atoms with Gasteiger partial charge in [-0.1, -0.05) is 60.7 Å². The van der Waals surface area contributed by atoms with Gasteiger partial charge in [-0.05, 0) is 24.0 Å². The van der Waals surface area contributed by atoms with Crippen molar-refractivity contribution >= 4 is 12.1 Å². The van der Waals surface area contributed by atoms with Crippen LogP contribution in [0.15, 0.2) is 65.8 Å². The van der Waals surface area contributed by atoms with E-state index in [0.717, 1.165) is 18.4 Å². The van der Waals surface area contributed by atoms with Gasteiger partial charge in [0.2, 0.25) is 5.91 Å². The first-order valence-corrected chi connectivity index (χ1v) is 6.73. The van der Waals surface area contributed by atoms with Crippen molar-refractivity contribution in [3.8, 4) is 0 Å². The Balaban J connectivity index is 1.67. The molecule has 3 nitrogen and oxygen atoms in total. The van der Waals surface area contributed by atoms with Crippen molar-refractivity contribution < 1.29 is 4.79 Å². The van der Waals surface area contributed by atoms with Crippen LogP contribution in [0.2, 0.25) is 0 Å². The Morgan fingerprint density at radius 1 is 0.950 bits per heavy atom. The molecule has 0 aliphatic carbocycles. The predicted molar refractivity (Wildman–Crippen MR) is 81.5 cm³/mol. The quantitative estimate of drug-likeness (QED) is 0.634. The molecule has 3 heteroatoms. The van der Waals surface area contributed by atoms with E-state index in [4.69, 9.17) is 0 Å². The minimum atomic E-state index is -0.0906. The zero-order valence-electron chi connectivity index (χ0n) is 11.3. The third kappa shape index (κ3) is 5.06. The van der Waals surface area contributed by atoms with Gasteiger partial charge in [-0.2, -0.15) is 5.10 Å². The van der Waals surface area contributed by atoms with Gasteiger partial charge in [-0.3, -0.25) is 4.79 Å². The normalized spacial score (nSPS) is 10.6. The highest BCUT2D eigenvalue weighted by Crippen LogP contribution is 2.01. The summed E-state index contributed by atoms with van der Waals surface area (Å²) in [4.78, 5) is 11.6. The van der Waals surface area contributed by atoms with E-state index in [2.05, 4.69) is 22.7 Å². The number of hydrogen-bond donors (Lipinski definition) is 1. The third-order valence-corrected chi connectivity index (χ3v) is 2.89. The molecule has 0 aliphatic rings. The number of hydrogen-bond acceptors (Lipinski definition) is 2. The highest BCUT2D eigenvalue weighted by atomic mass is 16.2. The van der Waals surface area contributed by atoms with Crippen molar-refractivity contribution in [1.29, 1.82) is 0 Å². The maximum absolute atomic E-state index is 11.6. The van der Waals surface area contributed by atoms with Gasteiger partial charge in [0.15, 0.2) is 0 Å². The van der Waals surface area contributed by atoms with Crippen molar-refractivity contribution in [2.45, 2.75) is 19.3 Å². The lowest BCUT2D eigenvalue weighted by atomic mass is 10.1. The van der Waals surface area contributed by atoms with Crippen LogP contribution in [-0.2, 0) is 17.6 Å². The highest BCUT2D eigenvalue weighted by molar-refractivity contribution is 5.79. The van der Waals surface area contributed by atoms with Gasteiger partial charge in [0.1, 0.15) is 0 Å². The van der Waals surface area contributed by atoms with E-state index in [9.17, 15) is 4.79 Å². The third-order valence-electron chi connectivity index (χ3n) is 2.89. The number of rotatable bonds is 6. The molecule has 0 radical (unpaired) electrons. The van der Waals surface area contributed by atoms with Crippen molar-refractivity contribution in [2.24, 2.45) is 5.10 Å². The van der Waals surface area contributed by atoms with E-state index in [1.54, 1.807) is 6.21 Å². The second-order valence-electron chi connectivity index (χ2n) is 4.53. The Hall–Kier alpha value is -2.42. The molecule has 0 aromatic heterocycles. The van der Waals surface area contributed by atoms with Gasteiger partial charge < -0.3 is 0 Å². The van der Waals surface area contributed by atoms with Gasteiger partial charge in [-0.25, -0.2) is 5.43 Å². The molecule has 0 atom stereocenters. The Morgan fingerprint density at radius 2 is 1.55 bits per heavy atom. The molecule has 2 aromatic carbocycles. The molecular formula is C17H18N2O. The Bertz CT molecular complexity index is 550. The van der Waals surface area contributed by atoms with Crippen molar-refractivity contribution in [2.75, 3.05) is 0 Å². The lowest BCUT2D eigenvalue weighted by Crippen LogP contribution is -2.19. The molecule has 2 rings (SSSR count). The molecule has 0 unspecified atom stereocenters. The standard InChI is InChI=1S/C17H18N2O/c20-17(14-16-10-5-2-6-11-16)19-18-13-7-12-15-8-3-1-4-9-15/h1-6,8-11,13H,7,12,14H2,(H,19,20). The number of carbonyl (C=O) groups is 1. The second-order valence-corrected chi connectivity index (χ2v) is 4.53. The molecule has 0 fully saturated rings. The summed E-state index contributed by atoms with van der Waals surface area (Å²) >= 11 is 0. The number of hydrazone groups is 1.